The van der Waals surface area contributed by atoms with E-state index in [0.29, 0.717) is 6.04 Å². The van der Waals surface area contributed by atoms with Crippen molar-refractivity contribution in [2.24, 2.45) is 0 Å². The minimum atomic E-state index is 0.702. The van der Waals surface area contributed by atoms with Crippen LogP contribution in [0.3, 0.4) is 0 Å². The van der Waals surface area contributed by atoms with Gasteiger partial charge in [-0.1, -0.05) is 0 Å². The number of hydrogen-bond acceptors (Lipinski definition) is 2. The lowest BCUT2D eigenvalue weighted by Gasteiger charge is -2.25. The minimum absolute atomic E-state index is 0.702. The highest BCUT2D eigenvalue weighted by atomic mass is 15.2. The molecule has 0 spiro atoms. The topological polar surface area (TPSA) is 6.48 Å². The van der Waals surface area contributed by atoms with E-state index in [1.54, 1.807) is 0 Å². The lowest BCUT2D eigenvalue weighted by molar-refractivity contribution is 0.220. The van der Waals surface area contributed by atoms with Crippen LogP contribution in [0.5, 0.6) is 0 Å². The number of likely N-dealkylation sites (N-methyl/N-ethyl adjacent to an activating group) is 1. The van der Waals surface area contributed by atoms with Crippen molar-refractivity contribution in [1.82, 2.24) is 9.80 Å². The van der Waals surface area contributed by atoms with Crippen molar-refractivity contribution in [3.8, 4) is 0 Å². The molecule has 1 saturated heterocycles. The standard InChI is InChI=1S/C9H20N2/c1-9(10(2)3)8-11-6-4-5-7-11/h9H,4-8H2,1-3H3. The smallest absolute Gasteiger partial charge is 0.0188 e. The molecule has 0 saturated carbocycles. The Bertz CT molecular complexity index is 106. The highest BCUT2D eigenvalue weighted by Gasteiger charge is 2.14. The van der Waals surface area contributed by atoms with Gasteiger partial charge in [-0.2, -0.15) is 0 Å². The van der Waals surface area contributed by atoms with Gasteiger partial charge in [0.05, 0.1) is 0 Å². The lowest BCUT2D eigenvalue weighted by atomic mass is 10.3. The first-order chi connectivity index (χ1) is 5.20. The molecule has 0 radical (unpaired) electrons. The van der Waals surface area contributed by atoms with E-state index in [9.17, 15) is 0 Å². The monoisotopic (exact) mass is 156 g/mol. The molecule has 0 aromatic rings. The van der Waals surface area contributed by atoms with Crippen molar-refractivity contribution in [3.63, 3.8) is 0 Å². The van der Waals surface area contributed by atoms with Crippen molar-refractivity contribution >= 4 is 0 Å². The first kappa shape index (κ1) is 9.01. The molecule has 0 amide bonds. The maximum Gasteiger partial charge on any atom is 0.0188 e. The van der Waals surface area contributed by atoms with Gasteiger partial charge in [0.1, 0.15) is 0 Å². The average Bonchev–Trinajstić information content (AvgIpc) is 2.39. The number of likely N-dealkylation sites (tertiary alicyclic amines) is 1. The Balaban J connectivity index is 2.18. The fourth-order valence-corrected chi connectivity index (χ4v) is 1.50. The molecule has 11 heavy (non-hydrogen) atoms. The summed E-state index contributed by atoms with van der Waals surface area (Å²) in [4.78, 5) is 4.85. The van der Waals surface area contributed by atoms with Crippen LogP contribution in [0.4, 0.5) is 0 Å². The Morgan fingerprint density at radius 1 is 1.27 bits per heavy atom. The fourth-order valence-electron chi connectivity index (χ4n) is 1.50. The Morgan fingerprint density at radius 2 is 1.82 bits per heavy atom. The summed E-state index contributed by atoms with van der Waals surface area (Å²) in [6.07, 6.45) is 2.81. The molecule has 1 fully saturated rings. The summed E-state index contributed by atoms with van der Waals surface area (Å²) in [6.45, 7) is 6.17. The SMILES string of the molecule is CC(CN1CCCC1)N(C)C. The van der Waals surface area contributed by atoms with E-state index in [-0.39, 0.29) is 0 Å². The first-order valence-corrected chi connectivity index (χ1v) is 4.59. The largest absolute Gasteiger partial charge is 0.305 e. The van der Waals surface area contributed by atoms with Gasteiger partial charge in [0.2, 0.25) is 0 Å². The van der Waals surface area contributed by atoms with Crippen molar-refractivity contribution in [1.29, 1.82) is 0 Å². The Labute approximate surface area is 70.2 Å². The van der Waals surface area contributed by atoms with Crippen molar-refractivity contribution in [2.45, 2.75) is 25.8 Å². The molecule has 1 atom stereocenters. The molecular weight excluding hydrogens is 136 g/mol. The van der Waals surface area contributed by atoms with Crippen LogP contribution in [0.15, 0.2) is 0 Å². The van der Waals surface area contributed by atoms with E-state index in [1.807, 2.05) is 0 Å². The van der Waals surface area contributed by atoms with Gasteiger partial charge in [-0.25, -0.2) is 0 Å². The maximum absolute atomic E-state index is 2.56. The number of hydrogen-bond donors (Lipinski definition) is 0. The molecule has 1 heterocycles. The van der Waals surface area contributed by atoms with E-state index in [2.05, 4.69) is 30.8 Å². The van der Waals surface area contributed by atoms with Crippen LogP contribution in [-0.2, 0) is 0 Å². The lowest BCUT2D eigenvalue weighted by Crippen LogP contribution is -2.37. The molecule has 0 N–H and O–H groups in total. The first-order valence-electron chi connectivity index (χ1n) is 4.59. The van der Waals surface area contributed by atoms with E-state index in [4.69, 9.17) is 0 Å². The molecule has 1 rings (SSSR count). The zero-order valence-corrected chi connectivity index (χ0v) is 8.01. The zero-order valence-electron chi connectivity index (χ0n) is 8.01. The second-order valence-electron chi connectivity index (χ2n) is 3.82. The molecule has 1 unspecified atom stereocenters. The molecule has 2 heteroatoms. The van der Waals surface area contributed by atoms with E-state index in [0.717, 1.165) is 0 Å². The molecule has 2 nitrogen and oxygen atoms in total. The predicted molar refractivity (Wildman–Crippen MR) is 48.8 cm³/mol. The van der Waals surface area contributed by atoms with Crippen molar-refractivity contribution < 1.29 is 0 Å². The average molecular weight is 156 g/mol. The van der Waals surface area contributed by atoms with Crippen LogP contribution in [-0.4, -0.2) is 49.6 Å². The molecule has 1 aliphatic rings. The van der Waals surface area contributed by atoms with Gasteiger partial charge in [-0.05, 0) is 47.0 Å². The molecule has 0 aromatic heterocycles. The number of rotatable bonds is 3. The zero-order chi connectivity index (χ0) is 8.27. The molecule has 1 aliphatic heterocycles. The van der Waals surface area contributed by atoms with Crippen LogP contribution >= 0.6 is 0 Å². The van der Waals surface area contributed by atoms with Gasteiger partial charge < -0.3 is 9.80 Å². The van der Waals surface area contributed by atoms with Gasteiger partial charge in [0.25, 0.3) is 0 Å². The third-order valence-electron chi connectivity index (χ3n) is 2.60. The van der Waals surface area contributed by atoms with Gasteiger partial charge >= 0.3 is 0 Å². The van der Waals surface area contributed by atoms with Crippen LogP contribution in [0.2, 0.25) is 0 Å². The van der Waals surface area contributed by atoms with Gasteiger partial charge in [0.15, 0.2) is 0 Å². The Morgan fingerprint density at radius 3 is 2.27 bits per heavy atom. The summed E-state index contributed by atoms with van der Waals surface area (Å²) in [5.74, 6) is 0. The van der Waals surface area contributed by atoms with E-state index in [1.165, 1.54) is 32.5 Å². The van der Waals surface area contributed by atoms with Crippen LogP contribution < -0.4 is 0 Å². The maximum atomic E-state index is 2.56. The highest BCUT2D eigenvalue weighted by Crippen LogP contribution is 2.08. The van der Waals surface area contributed by atoms with Crippen molar-refractivity contribution in [3.05, 3.63) is 0 Å². The quantitative estimate of drug-likeness (QED) is 0.602. The summed E-state index contributed by atoms with van der Waals surface area (Å²) < 4.78 is 0. The Kier molecular flexibility index (Phi) is 3.34. The predicted octanol–water partition coefficient (Wildman–Crippen LogP) is 1.03. The minimum Gasteiger partial charge on any atom is -0.305 e. The van der Waals surface area contributed by atoms with Crippen molar-refractivity contribution in [2.75, 3.05) is 33.7 Å². The number of nitrogens with zero attached hydrogens (tertiary/aromatic N) is 2. The second-order valence-corrected chi connectivity index (χ2v) is 3.82. The van der Waals surface area contributed by atoms with E-state index < -0.39 is 0 Å². The molecule has 66 valence electrons. The highest BCUT2D eigenvalue weighted by molar-refractivity contribution is 4.71. The molecular formula is C9H20N2. The normalized spacial score (nSPS) is 22.9. The van der Waals surface area contributed by atoms with Gasteiger partial charge in [-0.15, -0.1) is 0 Å². The third-order valence-corrected chi connectivity index (χ3v) is 2.60. The van der Waals surface area contributed by atoms with E-state index >= 15 is 0 Å². The third kappa shape index (κ3) is 2.80. The van der Waals surface area contributed by atoms with Crippen LogP contribution in [0, 0.1) is 0 Å². The summed E-state index contributed by atoms with van der Waals surface area (Å²) in [7, 11) is 4.31. The fraction of sp³-hybridized carbons (Fsp3) is 1.00. The molecule has 0 aromatic carbocycles. The van der Waals surface area contributed by atoms with Crippen LogP contribution in [0.1, 0.15) is 19.8 Å². The van der Waals surface area contributed by atoms with Gasteiger partial charge in [-0.3, -0.25) is 0 Å². The molecule has 0 aliphatic carbocycles. The summed E-state index contributed by atoms with van der Waals surface area (Å²) in [5.41, 5.74) is 0. The summed E-state index contributed by atoms with van der Waals surface area (Å²) in [5, 5.41) is 0. The Hall–Kier alpha value is -0.0800. The summed E-state index contributed by atoms with van der Waals surface area (Å²) >= 11 is 0. The molecule has 0 bridgehead atoms. The summed E-state index contributed by atoms with van der Waals surface area (Å²) in [6, 6.07) is 0.702. The van der Waals surface area contributed by atoms with Crippen LogP contribution in [0.25, 0.3) is 0 Å². The van der Waals surface area contributed by atoms with Gasteiger partial charge in [0, 0.05) is 12.6 Å². The second kappa shape index (κ2) is 4.07.